The Morgan fingerprint density at radius 2 is 1.80 bits per heavy atom. The number of anilines is 3. The summed E-state index contributed by atoms with van der Waals surface area (Å²) in [6, 6.07) is 0. The molecule has 1 aromatic rings. The quantitative estimate of drug-likeness (QED) is 0.456. The van der Waals surface area contributed by atoms with E-state index in [2.05, 4.69) is 20.3 Å². The Hall–Kier alpha value is -1.34. The van der Waals surface area contributed by atoms with E-state index in [-0.39, 0.29) is 11.9 Å². The first-order chi connectivity index (χ1) is 7.22. The summed E-state index contributed by atoms with van der Waals surface area (Å²) in [5.41, 5.74) is 10.8. The highest BCUT2D eigenvalue weighted by Crippen LogP contribution is 2.02. The lowest BCUT2D eigenvalue weighted by atomic mass is 10.6. The Morgan fingerprint density at radius 3 is 2.40 bits per heavy atom. The molecule has 1 aromatic heterocycles. The van der Waals surface area contributed by atoms with E-state index in [9.17, 15) is 0 Å². The van der Waals surface area contributed by atoms with Crippen LogP contribution < -0.4 is 16.8 Å². The second-order valence-corrected chi connectivity index (χ2v) is 2.98. The number of nitrogens with two attached hydrogens (primary N) is 2. The standard InChI is InChI=1S/C7H13ClN6O/c8-1-3-15-4-2-11-7-13-5(9)12-6(10)14-7/h1-4H2,(H5,9,10,11,12,13,14). The number of rotatable bonds is 6. The highest BCUT2D eigenvalue weighted by atomic mass is 35.5. The van der Waals surface area contributed by atoms with Crippen LogP contribution in [-0.4, -0.2) is 40.6 Å². The van der Waals surface area contributed by atoms with Crippen molar-refractivity contribution in [2.24, 2.45) is 0 Å². The summed E-state index contributed by atoms with van der Waals surface area (Å²) < 4.78 is 5.14. The molecule has 0 aliphatic carbocycles. The topological polar surface area (TPSA) is 112 Å². The molecule has 1 rings (SSSR count). The molecule has 1 heterocycles. The van der Waals surface area contributed by atoms with Gasteiger partial charge in [-0.1, -0.05) is 0 Å². The van der Waals surface area contributed by atoms with Crippen molar-refractivity contribution in [3.8, 4) is 0 Å². The van der Waals surface area contributed by atoms with Gasteiger partial charge in [-0.15, -0.1) is 11.6 Å². The van der Waals surface area contributed by atoms with Crippen LogP contribution in [0, 0.1) is 0 Å². The van der Waals surface area contributed by atoms with Crippen LogP contribution in [0.1, 0.15) is 0 Å². The fourth-order valence-electron chi connectivity index (χ4n) is 0.880. The molecular formula is C7H13ClN6O. The van der Waals surface area contributed by atoms with Crippen LogP contribution >= 0.6 is 11.6 Å². The number of alkyl halides is 1. The Bertz CT molecular complexity index is 289. The molecular weight excluding hydrogens is 220 g/mol. The van der Waals surface area contributed by atoms with Gasteiger partial charge in [-0.05, 0) is 0 Å². The molecule has 0 aliphatic rings. The molecule has 0 atom stereocenters. The minimum absolute atomic E-state index is 0.0895. The molecule has 0 saturated carbocycles. The zero-order valence-electron chi connectivity index (χ0n) is 8.11. The third-order valence-corrected chi connectivity index (χ3v) is 1.58. The number of aromatic nitrogens is 3. The number of hydrogen-bond donors (Lipinski definition) is 3. The summed E-state index contributed by atoms with van der Waals surface area (Å²) in [5, 5.41) is 2.89. The van der Waals surface area contributed by atoms with Crippen LogP contribution in [0.5, 0.6) is 0 Å². The largest absolute Gasteiger partial charge is 0.378 e. The number of nitrogen functional groups attached to an aromatic ring is 2. The Kier molecular flexibility index (Phi) is 4.85. The predicted molar refractivity (Wildman–Crippen MR) is 58.7 cm³/mol. The molecule has 5 N–H and O–H groups in total. The van der Waals surface area contributed by atoms with E-state index >= 15 is 0 Å². The van der Waals surface area contributed by atoms with Crippen LogP contribution in [0.25, 0.3) is 0 Å². The molecule has 0 unspecified atom stereocenters. The normalized spacial score (nSPS) is 10.2. The van der Waals surface area contributed by atoms with Gasteiger partial charge in [-0.25, -0.2) is 0 Å². The molecule has 0 spiro atoms. The van der Waals surface area contributed by atoms with Crippen molar-refractivity contribution in [1.82, 2.24) is 15.0 Å². The van der Waals surface area contributed by atoms with E-state index in [4.69, 9.17) is 27.8 Å². The van der Waals surface area contributed by atoms with Gasteiger partial charge in [-0.3, -0.25) is 0 Å². The van der Waals surface area contributed by atoms with Crippen molar-refractivity contribution < 1.29 is 4.74 Å². The molecule has 0 aliphatic heterocycles. The maximum absolute atomic E-state index is 5.43. The van der Waals surface area contributed by atoms with Crippen molar-refractivity contribution in [3.63, 3.8) is 0 Å². The molecule has 0 amide bonds. The second kappa shape index (κ2) is 6.20. The summed E-state index contributed by atoms with van der Waals surface area (Å²) in [6.07, 6.45) is 0. The zero-order chi connectivity index (χ0) is 11.1. The molecule has 0 saturated heterocycles. The molecule has 0 bridgehead atoms. The van der Waals surface area contributed by atoms with Gasteiger partial charge < -0.3 is 21.5 Å². The van der Waals surface area contributed by atoms with E-state index in [1.165, 1.54) is 0 Å². The van der Waals surface area contributed by atoms with Crippen LogP contribution in [0.2, 0.25) is 0 Å². The molecule has 8 heteroatoms. The number of ether oxygens (including phenoxy) is 1. The van der Waals surface area contributed by atoms with Gasteiger partial charge in [0.1, 0.15) is 0 Å². The Morgan fingerprint density at radius 1 is 1.13 bits per heavy atom. The first-order valence-corrected chi connectivity index (χ1v) is 4.90. The van der Waals surface area contributed by atoms with Crippen LogP contribution in [-0.2, 0) is 4.74 Å². The van der Waals surface area contributed by atoms with Crippen LogP contribution in [0.4, 0.5) is 17.8 Å². The van der Waals surface area contributed by atoms with Crippen molar-refractivity contribution in [2.75, 3.05) is 42.4 Å². The highest BCUT2D eigenvalue weighted by Gasteiger charge is 1.99. The van der Waals surface area contributed by atoms with Gasteiger partial charge in [0.2, 0.25) is 17.8 Å². The minimum Gasteiger partial charge on any atom is -0.378 e. The SMILES string of the molecule is Nc1nc(N)nc(NCCOCCCl)n1. The average molecular weight is 233 g/mol. The smallest absolute Gasteiger partial charge is 0.229 e. The monoisotopic (exact) mass is 232 g/mol. The number of nitrogens with one attached hydrogen (secondary N) is 1. The van der Waals surface area contributed by atoms with E-state index in [0.717, 1.165) is 0 Å². The zero-order valence-corrected chi connectivity index (χ0v) is 8.87. The summed E-state index contributed by atoms with van der Waals surface area (Å²) >= 11 is 5.43. The van der Waals surface area contributed by atoms with Gasteiger partial charge in [0.25, 0.3) is 0 Å². The third kappa shape index (κ3) is 4.61. The lowest BCUT2D eigenvalue weighted by molar-refractivity contribution is 0.160. The average Bonchev–Trinajstić information content (AvgIpc) is 2.16. The fraction of sp³-hybridized carbons (Fsp3) is 0.571. The second-order valence-electron chi connectivity index (χ2n) is 2.60. The van der Waals surface area contributed by atoms with Gasteiger partial charge >= 0.3 is 0 Å². The minimum atomic E-state index is 0.0895. The molecule has 0 radical (unpaired) electrons. The highest BCUT2D eigenvalue weighted by molar-refractivity contribution is 6.17. The van der Waals surface area contributed by atoms with E-state index in [0.29, 0.717) is 31.6 Å². The number of hydrogen-bond acceptors (Lipinski definition) is 7. The van der Waals surface area contributed by atoms with Crippen molar-refractivity contribution in [2.45, 2.75) is 0 Å². The van der Waals surface area contributed by atoms with Crippen molar-refractivity contribution in [1.29, 1.82) is 0 Å². The number of halogens is 1. The molecule has 0 fully saturated rings. The molecule has 7 nitrogen and oxygen atoms in total. The first-order valence-electron chi connectivity index (χ1n) is 4.37. The lowest BCUT2D eigenvalue weighted by Gasteiger charge is -2.05. The van der Waals surface area contributed by atoms with E-state index in [1.54, 1.807) is 0 Å². The summed E-state index contributed by atoms with van der Waals surface area (Å²) in [6.45, 7) is 1.59. The summed E-state index contributed by atoms with van der Waals surface area (Å²) in [4.78, 5) is 11.3. The maximum Gasteiger partial charge on any atom is 0.229 e. The van der Waals surface area contributed by atoms with Crippen molar-refractivity contribution in [3.05, 3.63) is 0 Å². The molecule has 0 aromatic carbocycles. The van der Waals surface area contributed by atoms with Crippen LogP contribution in [0.3, 0.4) is 0 Å². The fourth-order valence-corrected chi connectivity index (χ4v) is 0.989. The first kappa shape index (κ1) is 11.7. The van der Waals surface area contributed by atoms with Gasteiger partial charge in [-0.2, -0.15) is 15.0 Å². The molecule has 84 valence electrons. The predicted octanol–water partition coefficient (Wildman–Crippen LogP) is -0.297. The van der Waals surface area contributed by atoms with Gasteiger partial charge in [0.05, 0.1) is 13.2 Å². The third-order valence-electron chi connectivity index (χ3n) is 1.42. The number of nitrogens with zero attached hydrogens (tertiary/aromatic N) is 3. The van der Waals surface area contributed by atoms with E-state index in [1.807, 2.05) is 0 Å². The Balaban J connectivity index is 2.31. The summed E-state index contributed by atoms with van der Waals surface area (Å²) in [5.74, 6) is 0.999. The Labute approximate surface area is 92.2 Å². The van der Waals surface area contributed by atoms with Gasteiger partial charge in [0, 0.05) is 12.4 Å². The van der Waals surface area contributed by atoms with Gasteiger partial charge in [0.15, 0.2) is 0 Å². The van der Waals surface area contributed by atoms with E-state index < -0.39 is 0 Å². The summed E-state index contributed by atoms with van der Waals surface area (Å²) in [7, 11) is 0. The van der Waals surface area contributed by atoms with Crippen LogP contribution in [0.15, 0.2) is 0 Å². The lowest BCUT2D eigenvalue weighted by Crippen LogP contribution is -2.14. The molecule has 15 heavy (non-hydrogen) atoms. The van der Waals surface area contributed by atoms with Crippen molar-refractivity contribution >= 4 is 29.4 Å². The maximum atomic E-state index is 5.43.